The number of rotatable bonds is 3. The summed E-state index contributed by atoms with van der Waals surface area (Å²) in [5, 5.41) is 30.0. The first-order chi connectivity index (χ1) is 16.4. The molecule has 8 heteroatoms. The number of hydrogen-bond acceptors (Lipinski definition) is 6. The number of halogens is 1. The van der Waals surface area contributed by atoms with Crippen molar-refractivity contribution < 1.29 is 13.9 Å². The van der Waals surface area contributed by atoms with Crippen LogP contribution < -0.4 is 5.73 Å². The van der Waals surface area contributed by atoms with Crippen molar-refractivity contribution in [3.63, 3.8) is 0 Å². The van der Waals surface area contributed by atoms with Gasteiger partial charge in [0.05, 0.1) is 23.4 Å². The second kappa shape index (κ2) is 9.10. The first-order valence-electron chi connectivity index (χ1n) is 10.6. The van der Waals surface area contributed by atoms with E-state index in [1.807, 2.05) is 48.5 Å². The smallest absolute Gasteiger partial charge is 0.410 e. The number of fused-ring (bicyclic) bond motifs is 1. The van der Waals surface area contributed by atoms with Gasteiger partial charge in [0.15, 0.2) is 5.41 Å². The van der Waals surface area contributed by atoms with E-state index < -0.39 is 29.2 Å². The summed E-state index contributed by atoms with van der Waals surface area (Å²) in [6.07, 6.45) is 1.15. The van der Waals surface area contributed by atoms with Crippen LogP contribution in [0.25, 0.3) is 0 Å². The van der Waals surface area contributed by atoms with Crippen molar-refractivity contribution in [2.45, 2.75) is 12.5 Å². The van der Waals surface area contributed by atoms with Crippen LogP contribution in [0.1, 0.15) is 17.0 Å². The summed E-state index contributed by atoms with van der Waals surface area (Å²) in [6.45, 7) is 0.376. The summed E-state index contributed by atoms with van der Waals surface area (Å²) >= 11 is 0. The van der Waals surface area contributed by atoms with Crippen LogP contribution >= 0.6 is 0 Å². The molecule has 0 fully saturated rings. The maximum absolute atomic E-state index is 13.6. The molecule has 0 saturated carbocycles. The molecular formula is C26H20FN5O2. The van der Waals surface area contributed by atoms with Gasteiger partial charge in [-0.1, -0.05) is 48.5 Å². The number of carbonyl (C=O) groups is 1. The highest BCUT2D eigenvalue weighted by Crippen LogP contribution is 2.54. The van der Waals surface area contributed by atoms with Gasteiger partial charge in [-0.25, -0.2) is 9.18 Å². The van der Waals surface area contributed by atoms with Crippen molar-refractivity contribution in [3.05, 3.63) is 94.5 Å². The minimum Gasteiger partial charge on any atom is -0.445 e. The van der Waals surface area contributed by atoms with Gasteiger partial charge in [0.1, 0.15) is 18.5 Å². The molecule has 1 aliphatic heterocycles. The molecular weight excluding hydrogens is 433 g/mol. The normalized spacial score (nSPS) is 20.8. The average molecular weight is 453 g/mol. The van der Waals surface area contributed by atoms with Gasteiger partial charge >= 0.3 is 6.09 Å². The molecule has 2 N–H and O–H groups in total. The van der Waals surface area contributed by atoms with Gasteiger partial charge in [0.2, 0.25) is 0 Å². The Morgan fingerprint density at radius 1 is 1.12 bits per heavy atom. The largest absolute Gasteiger partial charge is 0.445 e. The van der Waals surface area contributed by atoms with Crippen LogP contribution in [-0.2, 0) is 11.3 Å². The lowest BCUT2D eigenvalue weighted by molar-refractivity contribution is 0.0898. The summed E-state index contributed by atoms with van der Waals surface area (Å²) in [5.74, 6) is -1.88. The Labute approximate surface area is 196 Å². The number of hydrogen-bond donors (Lipinski definition) is 1. The Balaban J connectivity index is 1.73. The molecule has 34 heavy (non-hydrogen) atoms. The maximum atomic E-state index is 13.6. The molecule has 2 atom stereocenters. The zero-order valence-corrected chi connectivity index (χ0v) is 18.1. The SMILES string of the molecule is N#CC1=C(N)C(C#N)(C#N)[C@@H](c2ccc(F)cc2)[C@H]2CN(C(=O)OCc3ccccc3)CC=C12. The van der Waals surface area contributed by atoms with Crippen molar-refractivity contribution in [1.82, 2.24) is 4.90 Å². The highest BCUT2D eigenvalue weighted by Gasteiger charge is 2.54. The van der Waals surface area contributed by atoms with Crippen molar-refractivity contribution in [3.8, 4) is 18.2 Å². The van der Waals surface area contributed by atoms with Crippen LogP contribution in [0.5, 0.6) is 0 Å². The molecule has 1 aliphatic carbocycles. The summed E-state index contributed by atoms with van der Waals surface area (Å²) in [4.78, 5) is 14.3. The predicted octanol–water partition coefficient (Wildman–Crippen LogP) is 3.89. The van der Waals surface area contributed by atoms with Gasteiger partial charge in [-0.2, -0.15) is 15.8 Å². The van der Waals surface area contributed by atoms with E-state index in [0.717, 1.165) is 5.56 Å². The summed E-state index contributed by atoms with van der Waals surface area (Å²) in [5.41, 5.74) is 6.26. The van der Waals surface area contributed by atoms with Crippen molar-refractivity contribution in [1.29, 1.82) is 15.8 Å². The monoisotopic (exact) mass is 453 g/mol. The van der Waals surface area contributed by atoms with E-state index in [9.17, 15) is 25.0 Å². The molecule has 2 aromatic rings. The van der Waals surface area contributed by atoms with E-state index in [2.05, 4.69) is 0 Å². The van der Waals surface area contributed by atoms with E-state index in [1.54, 1.807) is 6.08 Å². The number of nitrogens with two attached hydrogens (primary N) is 1. The van der Waals surface area contributed by atoms with E-state index in [4.69, 9.17) is 10.5 Å². The quantitative estimate of drug-likeness (QED) is 0.751. The molecule has 0 spiro atoms. The summed E-state index contributed by atoms with van der Waals surface area (Å²) in [6, 6.07) is 20.8. The molecule has 1 heterocycles. The number of benzene rings is 2. The fourth-order valence-electron chi connectivity index (χ4n) is 4.69. The van der Waals surface area contributed by atoms with Crippen LogP contribution in [0.15, 0.2) is 77.5 Å². The van der Waals surface area contributed by atoms with Crippen molar-refractivity contribution in [2.24, 2.45) is 17.1 Å². The molecule has 0 unspecified atom stereocenters. The third kappa shape index (κ3) is 3.74. The van der Waals surface area contributed by atoms with E-state index in [0.29, 0.717) is 11.1 Å². The van der Waals surface area contributed by atoms with Crippen LogP contribution in [0.4, 0.5) is 9.18 Å². The fourth-order valence-corrected chi connectivity index (χ4v) is 4.69. The summed E-state index contributed by atoms with van der Waals surface area (Å²) in [7, 11) is 0. The van der Waals surface area contributed by atoms with Gasteiger partial charge in [-0.05, 0) is 28.8 Å². The molecule has 0 bridgehead atoms. The van der Waals surface area contributed by atoms with E-state index in [1.165, 1.54) is 29.2 Å². The highest BCUT2D eigenvalue weighted by atomic mass is 19.1. The molecule has 0 aromatic heterocycles. The van der Waals surface area contributed by atoms with Gasteiger partial charge < -0.3 is 15.4 Å². The summed E-state index contributed by atoms with van der Waals surface area (Å²) < 4.78 is 19.1. The second-order valence-electron chi connectivity index (χ2n) is 8.17. The third-order valence-corrected chi connectivity index (χ3v) is 6.36. The van der Waals surface area contributed by atoms with Crippen LogP contribution in [0.3, 0.4) is 0 Å². The number of amides is 1. The van der Waals surface area contributed by atoms with Gasteiger partial charge in [0, 0.05) is 24.9 Å². The van der Waals surface area contributed by atoms with Crippen molar-refractivity contribution >= 4 is 6.09 Å². The fraction of sp³-hybridized carbons (Fsp3) is 0.231. The minimum atomic E-state index is -1.86. The van der Waals surface area contributed by atoms with Crippen molar-refractivity contribution in [2.75, 3.05) is 13.1 Å². The van der Waals surface area contributed by atoms with Crippen LogP contribution in [0.2, 0.25) is 0 Å². The first-order valence-corrected chi connectivity index (χ1v) is 10.6. The lowest BCUT2D eigenvalue weighted by Gasteiger charge is -2.45. The maximum Gasteiger partial charge on any atom is 0.410 e. The van der Waals surface area contributed by atoms with Gasteiger partial charge in [-0.15, -0.1) is 0 Å². The number of carbonyl (C=O) groups excluding carboxylic acids is 1. The number of nitrogens with zero attached hydrogens (tertiary/aromatic N) is 4. The third-order valence-electron chi connectivity index (χ3n) is 6.36. The first kappa shape index (κ1) is 22.6. The Hall–Kier alpha value is -4.61. The molecule has 2 aromatic carbocycles. The topological polar surface area (TPSA) is 127 Å². The molecule has 1 amide bonds. The zero-order chi connectivity index (χ0) is 24.3. The van der Waals surface area contributed by atoms with Crippen LogP contribution in [-0.4, -0.2) is 24.1 Å². The number of allylic oxidation sites excluding steroid dienone is 2. The lowest BCUT2D eigenvalue weighted by atomic mass is 9.58. The highest BCUT2D eigenvalue weighted by molar-refractivity contribution is 5.69. The Morgan fingerprint density at radius 2 is 1.79 bits per heavy atom. The zero-order valence-electron chi connectivity index (χ0n) is 18.1. The van der Waals surface area contributed by atoms with Gasteiger partial charge in [0.25, 0.3) is 0 Å². The Bertz CT molecular complexity index is 1280. The lowest BCUT2D eigenvalue weighted by Crippen LogP contribution is -2.49. The molecule has 0 radical (unpaired) electrons. The molecule has 7 nitrogen and oxygen atoms in total. The Morgan fingerprint density at radius 3 is 2.41 bits per heavy atom. The Kier molecular flexibility index (Phi) is 6.04. The molecule has 2 aliphatic rings. The predicted molar refractivity (Wildman–Crippen MR) is 119 cm³/mol. The van der Waals surface area contributed by atoms with Crippen LogP contribution in [0, 0.1) is 51.1 Å². The van der Waals surface area contributed by atoms with E-state index in [-0.39, 0.29) is 31.0 Å². The average Bonchev–Trinajstić information content (AvgIpc) is 2.88. The molecule has 0 saturated heterocycles. The molecule has 4 rings (SSSR count). The minimum absolute atomic E-state index is 0.0729. The number of ether oxygens (including phenoxy) is 1. The standard InChI is InChI=1S/C26H20FN5O2/c27-19-8-6-18(7-9-19)23-22-13-32(25(33)34-14-17-4-2-1-3-5-17)11-10-20(22)21(12-28)24(31)26(23,15-29)16-30/h1-10,22-23H,11,13-14,31H2/t22-,23-/m0/s1. The van der Waals surface area contributed by atoms with Gasteiger partial charge in [-0.3, -0.25) is 0 Å². The molecule has 168 valence electrons. The second-order valence-corrected chi connectivity index (χ2v) is 8.17. The van der Waals surface area contributed by atoms with E-state index >= 15 is 0 Å². The number of nitriles is 3.